The first-order valence-corrected chi connectivity index (χ1v) is 6.21. The van der Waals surface area contributed by atoms with Crippen molar-refractivity contribution in [3.63, 3.8) is 0 Å². The Labute approximate surface area is 111 Å². The fourth-order valence-electron chi connectivity index (χ4n) is 1.30. The number of pyridine rings is 1. The maximum absolute atomic E-state index is 12.9. The average molecular weight is 278 g/mol. The highest BCUT2D eigenvalue weighted by Gasteiger charge is 2.06. The smallest absolute Gasteiger partial charge is 0.218 e. The number of halogens is 2. The quantitative estimate of drug-likeness (QED) is 0.513. The Balaban J connectivity index is 2.22. The van der Waals surface area contributed by atoms with Crippen LogP contribution in [-0.4, -0.2) is 38.5 Å². The minimum absolute atomic E-state index is 0.161. The maximum atomic E-state index is 12.9. The molecule has 0 amide bonds. The number of aromatic nitrogens is 1. The summed E-state index contributed by atoms with van der Waals surface area (Å²) in [6, 6.07) is 1.31. The van der Waals surface area contributed by atoms with Crippen LogP contribution in [0.1, 0.15) is 12.0 Å². The zero-order valence-electron chi connectivity index (χ0n) is 10.3. The molecule has 18 heavy (non-hydrogen) atoms. The summed E-state index contributed by atoms with van der Waals surface area (Å²) in [5.41, 5.74) is 0.538. The van der Waals surface area contributed by atoms with Gasteiger partial charge in [0.05, 0.1) is 18.7 Å². The molecule has 0 aliphatic heterocycles. The topological polar surface area (TPSA) is 40.6 Å². The minimum atomic E-state index is -0.422. The van der Waals surface area contributed by atoms with E-state index < -0.39 is 5.82 Å². The van der Waals surface area contributed by atoms with Gasteiger partial charge in [-0.25, -0.2) is 9.37 Å². The van der Waals surface area contributed by atoms with Gasteiger partial charge in [0.25, 0.3) is 0 Å². The van der Waals surface area contributed by atoms with Gasteiger partial charge in [-0.05, 0) is 12.5 Å². The van der Waals surface area contributed by atoms with E-state index in [9.17, 15) is 4.39 Å². The van der Waals surface area contributed by atoms with Gasteiger partial charge in [0.15, 0.2) is 0 Å². The molecule has 0 aliphatic rings. The summed E-state index contributed by atoms with van der Waals surface area (Å²) < 4.78 is 28.5. The highest BCUT2D eigenvalue weighted by Crippen LogP contribution is 2.17. The molecule has 0 N–H and O–H groups in total. The molecule has 4 nitrogen and oxygen atoms in total. The Morgan fingerprint density at radius 1 is 1.28 bits per heavy atom. The van der Waals surface area contributed by atoms with E-state index in [4.69, 9.17) is 25.8 Å². The lowest BCUT2D eigenvalue weighted by molar-refractivity contribution is 0.0793. The van der Waals surface area contributed by atoms with Crippen molar-refractivity contribution in [2.75, 3.05) is 33.5 Å². The number of methoxy groups -OCH3 is 1. The Bertz CT molecular complexity index is 352. The number of ether oxygens (including phenoxy) is 3. The van der Waals surface area contributed by atoms with Gasteiger partial charge in [0.2, 0.25) is 5.88 Å². The SMILES string of the molecule is COCCCOCCOc1ncc(F)cc1CCl. The number of alkyl halides is 1. The summed E-state index contributed by atoms with van der Waals surface area (Å²) in [4.78, 5) is 3.84. The zero-order chi connectivity index (χ0) is 13.2. The summed E-state index contributed by atoms with van der Waals surface area (Å²) in [7, 11) is 1.65. The van der Waals surface area contributed by atoms with Crippen LogP contribution >= 0.6 is 11.6 Å². The van der Waals surface area contributed by atoms with Crippen LogP contribution < -0.4 is 4.74 Å². The fraction of sp³-hybridized carbons (Fsp3) is 0.583. The normalized spacial score (nSPS) is 10.6. The molecule has 1 aromatic heterocycles. The standard InChI is InChI=1S/C12H17ClFNO3/c1-16-3-2-4-17-5-6-18-12-10(8-13)7-11(14)9-15-12/h7,9H,2-6,8H2,1H3. The monoisotopic (exact) mass is 277 g/mol. The van der Waals surface area contributed by atoms with Gasteiger partial charge in [-0.1, -0.05) is 0 Å². The van der Waals surface area contributed by atoms with Crippen LogP contribution in [-0.2, 0) is 15.4 Å². The predicted octanol–water partition coefficient (Wildman–Crippen LogP) is 2.39. The van der Waals surface area contributed by atoms with Crippen molar-refractivity contribution in [1.29, 1.82) is 0 Å². The number of hydrogen-bond acceptors (Lipinski definition) is 4. The van der Waals surface area contributed by atoms with Crippen molar-refractivity contribution >= 4 is 11.6 Å². The molecule has 1 heterocycles. The van der Waals surface area contributed by atoms with Crippen LogP contribution in [0.2, 0.25) is 0 Å². The lowest BCUT2D eigenvalue weighted by Crippen LogP contribution is -2.10. The molecule has 0 fully saturated rings. The lowest BCUT2D eigenvalue weighted by atomic mass is 10.3. The Hall–Kier alpha value is -0.910. The second kappa shape index (κ2) is 9.08. The average Bonchev–Trinajstić information content (AvgIpc) is 2.39. The third kappa shape index (κ3) is 5.62. The summed E-state index contributed by atoms with van der Waals surface area (Å²) in [5.74, 6) is 0.0927. The molecule has 0 atom stereocenters. The Kier molecular flexibility index (Phi) is 7.64. The van der Waals surface area contributed by atoms with Gasteiger partial charge in [0, 0.05) is 25.9 Å². The summed E-state index contributed by atoms with van der Waals surface area (Å²) in [6.07, 6.45) is 1.95. The van der Waals surface area contributed by atoms with Crippen LogP contribution in [0, 0.1) is 5.82 Å². The zero-order valence-corrected chi connectivity index (χ0v) is 11.1. The molecule has 6 heteroatoms. The third-order valence-electron chi connectivity index (χ3n) is 2.14. The summed E-state index contributed by atoms with van der Waals surface area (Å²) >= 11 is 5.67. The molecule has 0 aliphatic carbocycles. The highest BCUT2D eigenvalue weighted by atomic mass is 35.5. The van der Waals surface area contributed by atoms with Crippen molar-refractivity contribution in [3.8, 4) is 5.88 Å². The van der Waals surface area contributed by atoms with Crippen LogP contribution in [0.25, 0.3) is 0 Å². The predicted molar refractivity (Wildman–Crippen MR) is 66.6 cm³/mol. The molecule has 0 saturated heterocycles. The fourth-order valence-corrected chi connectivity index (χ4v) is 1.49. The number of rotatable bonds is 9. The first-order valence-electron chi connectivity index (χ1n) is 5.67. The van der Waals surface area contributed by atoms with Gasteiger partial charge in [-0.2, -0.15) is 0 Å². The first kappa shape index (κ1) is 15.1. The summed E-state index contributed by atoms with van der Waals surface area (Å²) in [6.45, 7) is 2.10. The minimum Gasteiger partial charge on any atom is -0.475 e. The van der Waals surface area contributed by atoms with Gasteiger partial charge >= 0.3 is 0 Å². The van der Waals surface area contributed by atoms with E-state index in [1.165, 1.54) is 6.07 Å². The van der Waals surface area contributed by atoms with E-state index in [0.717, 1.165) is 12.6 Å². The third-order valence-corrected chi connectivity index (χ3v) is 2.43. The molecular formula is C12H17ClFNO3. The largest absolute Gasteiger partial charge is 0.475 e. The van der Waals surface area contributed by atoms with E-state index >= 15 is 0 Å². The van der Waals surface area contributed by atoms with Gasteiger partial charge in [-0.3, -0.25) is 0 Å². The van der Waals surface area contributed by atoms with E-state index in [0.29, 0.717) is 37.9 Å². The van der Waals surface area contributed by atoms with Crippen molar-refractivity contribution < 1.29 is 18.6 Å². The molecule has 0 saturated carbocycles. The van der Waals surface area contributed by atoms with E-state index in [-0.39, 0.29) is 5.88 Å². The second-order valence-corrected chi connectivity index (χ2v) is 3.83. The van der Waals surface area contributed by atoms with E-state index in [1.807, 2.05) is 0 Å². The van der Waals surface area contributed by atoms with Gasteiger partial charge in [-0.15, -0.1) is 11.6 Å². The Morgan fingerprint density at radius 3 is 2.83 bits per heavy atom. The molecule has 1 rings (SSSR count). The van der Waals surface area contributed by atoms with E-state index in [2.05, 4.69) is 4.98 Å². The number of nitrogens with zero attached hydrogens (tertiary/aromatic N) is 1. The van der Waals surface area contributed by atoms with Crippen molar-refractivity contribution in [2.24, 2.45) is 0 Å². The lowest BCUT2D eigenvalue weighted by Gasteiger charge is -2.09. The van der Waals surface area contributed by atoms with Gasteiger partial charge < -0.3 is 14.2 Å². The molecule has 102 valence electrons. The molecule has 0 radical (unpaired) electrons. The number of hydrogen-bond donors (Lipinski definition) is 0. The van der Waals surface area contributed by atoms with Crippen molar-refractivity contribution in [1.82, 2.24) is 4.98 Å². The van der Waals surface area contributed by atoms with Crippen LogP contribution in [0.5, 0.6) is 5.88 Å². The molecule has 0 bridgehead atoms. The molecule has 0 spiro atoms. The first-order chi connectivity index (χ1) is 8.77. The molecule has 0 unspecified atom stereocenters. The maximum Gasteiger partial charge on any atom is 0.218 e. The molecular weight excluding hydrogens is 261 g/mol. The van der Waals surface area contributed by atoms with Crippen molar-refractivity contribution in [3.05, 3.63) is 23.6 Å². The highest BCUT2D eigenvalue weighted by molar-refractivity contribution is 6.17. The van der Waals surface area contributed by atoms with Crippen molar-refractivity contribution in [2.45, 2.75) is 12.3 Å². The summed E-state index contributed by atoms with van der Waals surface area (Å²) in [5, 5.41) is 0. The van der Waals surface area contributed by atoms with E-state index in [1.54, 1.807) is 7.11 Å². The second-order valence-electron chi connectivity index (χ2n) is 3.56. The molecule has 0 aromatic carbocycles. The van der Waals surface area contributed by atoms with Gasteiger partial charge in [0.1, 0.15) is 12.4 Å². The van der Waals surface area contributed by atoms with Crippen LogP contribution in [0.3, 0.4) is 0 Å². The van der Waals surface area contributed by atoms with Crippen LogP contribution in [0.4, 0.5) is 4.39 Å². The Morgan fingerprint density at radius 2 is 2.11 bits per heavy atom. The van der Waals surface area contributed by atoms with Crippen LogP contribution in [0.15, 0.2) is 12.3 Å². The molecule has 1 aromatic rings.